The number of aromatic carboxylic acids is 1. The van der Waals surface area contributed by atoms with Crippen LogP contribution in [0.3, 0.4) is 0 Å². The summed E-state index contributed by atoms with van der Waals surface area (Å²) in [6, 6.07) is 4.66. The molecule has 1 N–H and O–H groups in total. The van der Waals surface area contributed by atoms with Gasteiger partial charge in [-0.05, 0) is 31.5 Å². The first-order valence-corrected chi connectivity index (χ1v) is 5.75. The number of oxazole rings is 1. The van der Waals surface area contributed by atoms with E-state index in [0.29, 0.717) is 23.4 Å². The van der Waals surface area contributed by atoms with Crippen molar-refractivity contribution in [2.75, 3.05) is 7.11 Å². The largest absolute Gasteiger partial charge is 0.478 e. The van der Waals surface area contributed by atoms with Crippen molar-refractivity contribution in [3.05, 3.63) is 29.7 Å². The Kier molecular flexibility index (Phi) is 3.62. The number of hydrogen-bond acceptors (Lipinski definition) is 4. The number of aryl methyl sites for hydroxylation is 1. The van der Waals surface area contributed by atoms with E-state index in [4.69, 9.17) is 14.3 Å². The van der Waals surface area contributed by atoms with Gasteiger partial charge in [-0.15, -0.1) is 0 Å². The molecule has 0 aliphatic carbocycles. The summed E-state index contributed by atoms with van der Waals surface area (Å²) < 4.78 is 10.7. The van der Waals surface area contributed by atoms with E-state index in [1.165, 1.54) is 12.1 Å². The lowest BCUT2D eigenvalue weighted by Crippen LogP contribution is -2.05. The second-order valence-electron chi connectivity index (χ2n) is 4.18. The summed E-state index contributed by atoms with van der Waals surface area (Å²) in [7, 11) is 1.66. The minimum atomic E-state index is -0.963. The average molecular weight is 249 g/mol. The highest BCUT2D eigenvalue weighted by molar-refractivity contribution is 5.91. The number of ether oxygens (including phenoxy) is 1. The molecule has 0 fully saturated rings. The number of rotatable bonds is 5. The van der Waals surface area contributed by atoms with E-state index in [-0.39, 0.29) is 11.7 Å². The molecule has 1 heterocycles. The third kappa shape index (κ3) is 2.68. The quantitative estimate of drug-likeness (QED) is 0.881. The van der Waals surface area contributed by atoms with Crippen LogP contribution >= 0.6 is 0 Å². The smallest absolute Gasteiger partial charge is 0.335 e. The van der Waals surface area contributed by atoms with E-state index >= 15 is 0 Å². The number of carboxylic acid groups (broad SMARTS) is 1. The third-order valence-corrected chi connectivity index (χ3v) is 2.85. The zero-order valence-electron chi connectivity index (χ0n) is 10.3. The fourth-order valence-corrected chi connectivity index (χ4v) is 1.66. The van der Waals surface area contributed by atoms with Gasteiger partial charge in [0.1, 0.15) is 5.52 Å². The molecular weight excluding hydrogens is 234 g/mol. The van der Waals surface area contributed by atoms with Crippen molar-refractivity contribution in [3.63, 3.8) is 0 Å². The van der Waals surface area contributed by atoms with Gasteiger partial charge in [0.05, 0.1) is 11.7 Å². The monoisotopic (exact) mass is 249 g/mol. The first-order valence-electron chi connectivity index (χ1n) is 5.75. The van der Waals surface area contributed by atoms with Gasteiger partial charge in [-0.3, -0.25) is 0 Å². The highest BCUT2D eigenvalue weighted by Crippen LogP contribution is 2.18. The Balaban J connectivity index is 2.19. The Morgan fingerprint density at radius 3 is 3.00 bits per heavy atom. The molecule has 2 rings (SSSR count). The third-order valence-electron chi connectivity index (χ3n) is 2.85. The maximum Gasteiger partial charge on any atom is 0.335 e. The number of nitrogens with zero attached hydrogens (tertiary/aromatic N) is 1. The van der Waals surface area contributed by atoms with Crippen LogP contribution in [0, 0.1) is 0 Å². The van der Waals surface area contributed by atoms with Crippen molar-refractivity contribution in [2.24, 2.45) is 0 Å². The summed E-state index contributed by atoms with van der Waals surface area (Å²) in [6.07, 6.45) is 1.64. The molecule has 0 aliphatic heterocycles. The number of methoxy groups -OCH3 is 1. The molecule has 0 bridgehead atoms. The molecule has 0 amide bonds. The van der Waals surface area contributed by atoms with Gasteiger partial charge >= 0.3 is 5.97 Å². The van der Waals surface area contributed by atoms with Gasteiger partial charge in [-0.25, -0.2) is 9.78 Å². The number of aromatic nitrogens is 1. The molecule has 5 heteroatoms. The molecule has 0 saturated carbocycles. The minimum absolute atomic E-state index is 0.148. The fraction of sp³-hybridized carbons (Fsp3) is 0.385. The first-order chi connectivity index (χ1) is 8.60. The first kappa shape index (κ1) is 12.6. The van der Waals surface area contributed by atoms with Gasteiger partial charge in [-0.2, -0.15) is 0 Å². The molecule has 1 aromatic carbocycles. The fourth-order valence-electron chi connectivity index (χ4n) is 1.66. The molecule has 0 radical (unpaired) electrons. The lowest BCUT2D eigenvalue weighted by Gasteiger charge is -2.05. The maximum absolute atomic E-state index is 10.8. The molecule has 1 atom stereocenters. The lowest BCUT2D eigenvalue weighted by molar-refractivity contribution is 0.0697. The molecule has 0 spiro atoms. The van der Waals surface area contributed by atoms with Crippen LogP contribution in [0.25, 0.3) is 11.1 Å². The molecule has 1 aromatic heterocycles. The van der Waals surface area contributed by atoms with Crippen LogP contribution in [0.4, 0.5) is 0 Å². The van der Waals surface area contributed by atoms with E-state index in [1.54, 1.807) is 13.2 Å². The van der Waals surface area contributed by atoms with E-state index in [1.807, 2.05) is 6.92 Å². The van der Waals surface area contributed by atoms with Crippen molar-refractivity contribution in [1.82, 2.24) is 4.98 Å². The SMILES string of the molecule is COC(C)CCc1nc2cc(C(=O)O)ccc2o1. The topological polar surface area (TPSA) is 72.6 Å². The summed E-state index contributed by atoms with van der Waals surface area (Å²) in [5.41, 5.74) is 1.41. The molecule has 2 aromatic rings. The van der Waals surface area contributed by atoms with E-state index < -0.39 is 5.97 Å². The number of benzene rings is 1. The Labute approximate surface area is 104 Å². The standard InChI is InChI=1S/C13H15NO4/c1-8(17-2)3-6-12-14-10-7-9(13(15)16)4-5-11(10)18-12/h4-5,7-8H,3,6H2,1-2H3,(H,15,16). The summed E-state index contributed by atoms with van der Waals surface area (Å²) in [5, 5.41) is 8.88. The number of carbonyl (C=O) groups is 1. The number of fused-ring (bicyclic) bond motifs is 1. The second kappa shape index (κ2) is 5.18. The van der Waals surface area contributed by atoms with Crippen molar-refractivity contribution < 1.29 is 19.1 Å². The number of carboxylic acids is 1. The van der Waals surface area contributed by atoms with Crippen LogP contribution in [0.2, 0.25) is 0 Å². The molecule has 96 valence electrons. The van der Waals surface area contributed by atoms with Gasteiger partial charge in [0, 0.05) is 13.5 Å². The van der Waals surface area contributed by atoms with Crippen LogP contribution in [0.15, 0.2) is 22.6 Å². The van der Waals surface area contributed by atoms with E-state index in [2.05, 4.69) is 4.98 Å². The normalized spacial score (nSPS) is 12.8. The summed E-state index contributed by atoms with van der Waals surface area (Å²) in [6.45, 7) is 1.98. The molecule has 5 nitrogen and oxygen atoms in total. The predicted octanol–water partition coefficient (Wildman–Crippen LogP) is 2.49. The van der Waals surface area contributed by atoms with Gasteiger partial charge in [0.25, 0.3) is 0 Å². The summed E-state index contributed by atoms with van der Waals surface area (Å²) in [4.78, 5) is 15.1. The maximum atomic E-state index is 10.8. The lowest BCUT2D eigenvalue weighted by atomic mass is 10.2. The summed E-state index contributed by atoms with van der Waals surface area (Å²) in [5.74, 6) is -0.356. The van der Waals surface area contributed by atoms with Crippen LogP contribution < -0.4 is 0 Å². The van der Waals surface area contributed by atoms with Crippen molar-refractivity contribution in [2.45, 2.75) is 25.9 Å². The van der Waals surface area contributed by atoms with Gasteiger partial charge in [-0.1, -0.05) is 0 Å². The van der Waals surface area contributed by atoms with Crippen molar-refractivity contribution in [3.8, 4) is 0 Å². The van der Waals surface area contributed by atoms with E-state index in [9.17, 15) is 4.79 Å². The Bertz CT molecular complexity index is 561. The second-order valence-corrected chi connectivity index (χ2v) is 4.18. The van der Waals surface area contributed by atoms with Gasteiger partial charge in [0.15, 0.2) is 11.5 Å². The van der Waals surface area contributed by atoms with E-state index in [0.717, 1.165) is 6.42 Å². The van der Waals surface area contributed by atoms with Crippen LogP contribution in [0.1, 0.15) is 29.6 Å². The van der Waals surface area contributed by atoms with Gasteiger partial charge in [0.2, 0.25) is 0 Å². The summed E-state index contributed by atoms with van der Waals surface area (Å²) >= 11 is 0. The zero-order valence-corrected chi connectivity index (χ0v) is 10.3. The van der Waals surface area contributed by atoms with Crippen molar-refractivity contribution in [1.29, 1.82) is 0 Å². The molecule has 18 heavy (non-hydrogen) atoms. The molecule has 0 aliphatic rings. The Hall–Kier alpha value is -1.88. The zero-order chi connectivity index (χ0) is 13.1. The van der Waals surface area contributed by atoms with Gasteiger partial charge < -0.3 is 14.3 Å². The highest BCUT2D eigenvalue weighted by atomic mass is 16.5. The molecule has 0 saturated heterocycles. The molecular formula is C13H15NO4. The minimum Gasteiger partial charge on any atom is -0.478 e. The molecule has 1 unspecified atom stereocenters. The number of hydrogen-bond donors (Lipinski definition) is 1. The van der Waals surface area contributed by atoms with Crippen molar-refractivity contribution >= 4 is 17.1 Å². The average Bonchev–Trinajstić information content (AvgIpc) is 2.77. The predicted molar refractivity (Wildman–Crippen MR) is 65.8 cm³/mol. The van der Waals surface area contributed by atoms with Crippen LogP contribution in [0.5, 0.6) is 0 Å². The Morgan fingerprint density at radius 1 is 1.56 bits per heavy atom. The van der Waals surface area contributed by atoms with Crippen LogP contribution in [-0.2, 0) is 11.2 Å². The highest BCUT2D eigenvalue weighted by Gasteiger charge is 2.10. The van der Waals surface area contributed by atoms with Crippen LogP contribution in [-0.4, -0.2) is 29.3 Å². The Morgan fingerprint density at radius 2 is 2.33 bits per heavy atom.